The molecule has 0 unspecified atom stereocenters. The average molecular weight is 294 g/mol. The molecule has 0 spiro atoms. The number of allylic oxidation sites excluding steroid dienone is 2. The van der Waals surface area contributed by atoms with E-state index in [1.807, 2.05) is 0 Å². The second-order valence-corrected chi connectivity index (χ2v) is 6.91. The van der Waals surface area contributed by atoms with Gasteiger partial charge in [0.15, 0.2) is 0 Å². The highest BCUT2D eigenvalue weighted by atomic mass is 16.5. The van der Waals surface area contributed by atoms with Gasteiger partial charge in [0.25, 0.3) is 0 Å². The van der Waals surface area contributed by atoms with E-state index in [-0.39, 0.29) is 11.4 Å². The van der Waals surface area contributed by atoms with Crippen molar-refractivity contribution in [2.45, 2.75) is 38.5 Å². The Morgan fingerprint density at radius 2 is 2.14 bits per heavy atom. The first kappa shape index (κ1) is 13.8. The Hall–Kier alpha value is -1.83. The largest absolute Gasteiger partial charge is 0.465 e. The molecule has 0 N–H and O–H groups in total. The maximum Gasteiger partial charge on any atom is 0.302 e. The molecule has 0 aromatic heterocycles. The fourth-order valence-electron chi connectivity index (χ4n) is 4.75. The van der Waals surface area contributed by atoms with Gasteiger partial charge in [-0.2, -0.15) is 0 Å². The molecule has 0 heterocycles. The number of ether oxygens (including phenoxy) is 1. The van der Waals surface area contributed by atoms with Gasteiger partial charge in [0.1, 0.15) is 6.61 Å². The summed E-state index contributed by atoms with van der Waals surface area (Å²) in [4.78, 5) is 11.3. The zero-order valence-corrected chi connectivity index (χ0v) is 13.0. The standard InChI is InChI=1S/C20H22O2/c1-14(21)22-13-20-11-4-7-19(20)18-9-8-15-5-2-3-6-16(15)17(18)10-12-20/h2-7,11,17-18H,8-10,12-13H2,1H3/t17-,18-,20+/m1/s1. The summed E-state index contributed by atoms with van der Waals surface area (Å²) < 4.78 is 5.40. The van der Waals surface area contributed by atoms with Gasteiger partial charge >= 0.3 is 5.97 Å². The van der Waals surface area contributed by atoms with E-state index < -0.39 is 0 Å². The molecule has 22 heavy (non-hydrogen) atoms. The number of esters is 1. The SMILES string of the molecule is CC(=O)OC[C@@]12C=CC=C1[C@@H]1CCc3ccccc3[C@H]1CC2. The zero-order chi connectivity index (χ0) is 15.2. The quantitative estimate of drug-likeness (QED) is 0.765. The maximum absolute atomic E-state index is 11.3. The predicted octanol–water partition coefficient (Wildman–Crippen LogP) is 4.17. The molecule has 3 atom stereocenters. The Morgan fingerprint density at radius 3 is 3.00 bits per heavy atom. The Kier molecular flexibility index (Phi) is 3.21. The van der Waals surface area contributed by atoms with E-state index in [0.717, 1.165) is 6.42 Å². The lowest BCUT2D eigenvalue weighted by Crippen LogP contribution is -2.39. The van der Waals surface area contributed by atoms with Crippen LogP contribution in [-0.2, 0) is 16.0 Å². The number of hydrogen-bond acceptors (Lipinski definition) is 2. The summed E-state index contributed by atoms with van der Waals surface area (Å²) in [6, 6.07) is 8.92. The van der Waals surface area contributed by atoms with Crippen molar-refractivity contribution >= 4 is 5.97 Å². The van der Waals surface area contributed by atoms with Gasteiger partial charge in [-0.05, 0) is 48.6 Å². The lowest BCUT2D eigenvalue weighted by atomic mass is 9.58. The monoisotopic (exact) mass is 294 g/mol. The summed E-state index contributed by atoms with van der Waals surface area (Å²) in [5, 5.41) is 0. The van der Waals surface area contributed by atoms with Crippen LogP contribution < -0.4 is 0 Å². The third-order valence-electron chi connectivity index (χ3n) is 5.76. The van der Waals surface area contributed by atoms with Crippen LogP contribution in [0.3, 0.4) is 0 Å². The van der Waals surface area contributed by atoms with Gasteiger partial charge < -0.3 is 4.74 Å². The van der Waals surface area contributed by atoms with Gasteiger partial charge in [-0.1, -0.05) is 48.1 Å². The normalized spacial score (nSPS) is 31.8. The van der Waals surface area contributed by atoms with E-state index in [2.05, 4.69) is 42.5 Å². The minimum atomic E-state index is -0.176. The van der Waals surface area contributed by atoms with E-state index in [0.29, 0.717) is 18.4 Å². The van der Waals surface area contributed by atoms with Crippen LogP contribution in [0.2, 0.25) is 0 Å². The molecule has 3 aliphatic rings. The van der Waals surface area contributed by atoms with E-state index in [1.165, 1.54) is 37.3 Å². The van der Waals surface area contributed by atoms with Crippen LogP contribution in [-0.4, -0.2) is 12.6 Å². The number of carbonyl (C=O) groups is 1. The van der Waals surface area contributed by atoms with Crippen LogP contribution in [0.1, 0.15) is 43.2 Å². The highest BCUT2D eigenvalue weighted by Gasteiger charge is 2.47. The van der Waals surface area contributed by atoms with Crippen molar-refractivity contribution in [1.82, 2.24) is 0 Å². The Bertz CT molecular complexity index is 670. The Balaban J connectivity index is 1.65. The Morgan fingerprint density at radius 1 is 1.27 bits per heavy atom. The van der Waals surface area contributed by atoms with E-state index >= 15 is 0 Å². The highest BCUT2D eigenvalue weighted by molar-refractivity contribution is 5.66. The van der Waals surface area contributed by atoms with E-state index in [9.17, 15) is 4.79 Å². The number of rotatable bonds is 2. The topological polar surface area (TPSA) is 26.3 Å². The molecule has 4 rings (SSSR count). The van der Waals surface area contributed by atoms with Crippen molar-refractivity contribution in [2.75, 3.05) is 6.61 Å². The smallest absolute Gasteiger partial charge is 0.302 e. The number of fused-ring (bicyclic) bond motifs is 5. The molecule has 0 aliphatic heterocycles. The minimum absolute atomic E-state index is 0.0287. The zero-order valence-electron chi connectivity index (χ0n) is 13.0. The first-order valence-corrected chi connectivity index (χ1v) is 8.31. The first-order chi connectivity index (χ1) is 10.7. The van der Waals surface area contributed by atoms with Crippen molar-refractivity contribution in [1.29, 1.82) is 0 Å². The van der Waals surface area contributed by atoms with Crippen molar-refractivity contribution in [3.63, 3.8) is 0 Å². The lowest BCUT2D eigenvalue weighted by molar-refractivity contribution is -0.143. The fourth-order valence-corrected chi connectivity index (χ4v) is 4.75. The molecular weight excluding hydrogens is 272 g/mol. The second kappa shape index (κ2) is 5.12. The molecule has 1 aromatic rings. The third kappa shape index (κ3) is 2.05. The lowest BCUT2D eigenvalue weighted by Gasteiger charge is -2.46. The van der Waals surface area contributed by atoms with Crippen molar-refractivity contribution in [3.05, 3.63) is 59.2 Å². The van der Waals surface area contributed by atoms with Crippen LogP contribution in [0.25, 0.3) is 0 Å². The number of benzene rings is 1. The average Bonchev–Trinajstić information content (AvgIpc) is 2.97. The first-order valence-electron chi connectivity index (χ1n) is 8.31. The van der Waals surface area contributed by atoms with Gasteiger partial charge in [0.2, 0.25) is 0 Å². The number of hydrogen-bond donors (Lipinski definition) is 0. The molecule has 2 heteroatoms. The van der Waals surface area contributed by atoms with Crippen LogP contribution in [0, 0.1) is 11.3 Å². The Labute approximate surface area is 131 Å². The molecular formula is C20H22O2. The van der Waals surface area contributed by atoms with Crippen LogP contribution in [0.15, 0.2) is 48.1 Å². The summed E-state index contributed by atoms with van der Waals surface area (Å²) in [5.74, 6) is 1.07. The molecule has 114 valence electrons. The fraction of sp³-hybridized carbons (Fsp3) is 0.450. The highest BCUT2D eigenvalue weighted by Crippen LogP contribution is 2.56. The maximum atomic E-state index is 11.3. The van der Waals surface area contributed by atoms with Gasteiger partial charge in [0.05, 0.1) is 0 Å². The summed E-state index contributed by atoms with van der Waals surface area (Å²) in [6.45, 7) is 2.01. The number of carbonyl (C=O) groups excluding carboxylic acids is 1. The van der Waals surface area contributed by atoms with Crippen LogP contribution in [0.5, 0.6) is 0 Å². The summed E-state index contributed by atoms with van der Waals surface area (Å²) in [6.07, 6.45) is 11.4. The third-order valence-corrected chi connectivity index (χ3v) is 5.76. The molecule has 1 fully saturated rings. The predicted molar refractivity (Wildman–Crippen MR) is 86.5 cm³/mol. The molecule has 1 aromatic carbocycles. The molecule has 0 saturated heterocycles. The van der Waals surface area contributed by atoms with Gasteiger partial charge in [0, 0.05) is 12.3 Å². The minimum Gasteiger partial charge on any atom is -0.465 e. The summed E-state index contributed by atoms with van der Waals surface area (Å²) in [7, 11) is 0. The van der Waals surface area contributed by atoms with Crippen molar-refractivity contribution in [2.24, 2.45) is 11.3 Å². The summed E-state index contributed by atoms with van der Waals surface area (Å²) in [5.41, 5.74) is 4.55. The van der Waals surface area contributed by atoms with E-state index in [4.69, 9.17) is 4.74 Å². The van der Waals surface area contributed by atoms with Crippen molar-refractivity contribution in [3.8, 4) is 0 Å². The molecule has 3 aliphatic carbocycles. The molecule has 0 radical (unpaired) electrons. The van der Waals surface area contributed by atoms with Gasteiger partial charge in [-0.25, -0.2) is 0 Å². The second-order valence-electron chi connectivity index (χ2n) is 6.91. The molecule has 0 bridgehead atoms. The summed E-state index contributed by atoms with van der Waals surface area (Å²) >= 11 is 0. The molecule has 2 nitrogen and oxygen atoms in total. The van der Waals surface area contributed by atoms with Crippen LogP contribution in [0.4, 0.5) is 0 Å². The molecule has 1 saturated carbocycles. The van der Waals surface area contributed by atoms with Crippen LogP contribution >= 0.6 is 0 Å². The van der Waals surface area contributed by atoms with Crippen molar-refractivity contribution < 1.29 is 9.53 Å². The van der Waals surface area contributed by atoms with Gasteiger partial charge in [-0.3, -0.25) is 4.79 Å². The molecule has 0 amide bonds. The number of aryl methyl sites for hydroxylation is 1. The van der Waals surface area contributed by atoms with Gasteiger partial charge in [-0.15, -0.1) is 0 Å². The van der Waals surface area contributed by atoms with E-state index in [1.54, 1.807) is 5.56 Å².